The highest BCUT2D eigenvalue weighted by atomic mass is 31.2. The molecule has 0 saturated heterocycles. The summed E-state index contributed by atoms with van der Waals surface area (Å²) >= 11 is 0. The minimum absolute atomic E-state index is 0.156. The molecule has 0 rings (SSSR count). The standard InChI is InChI=1S/C39H67O8P/c1-3-5-7-9-11-13-15-17-19-21-23-25-27-29-31-33-38(40)45-35-37(36-46-48(42,43)44)47-39(41)34-32-30-28-26-24-22-20-18-16-14-12-10-8-6-4-2/h6,8,12-15,18,20,24,26,37H,3-5,7,9-11,16-17,19,21-23,25,27-36H2,1-2H3,(H2,42,43,44)/b8-6-,14-12-,15-13-,20-18-,26-24-/t37-/m1/s1. The van der Waals surface area contributed by atoms with Crippen molar-refractivity contribution in [3.8, 4) is 0 Å². The first kappa shape index (κ1) is 45.8. The normalized spacial score (nSPS) is 13.2. The molecule has 0 bridgehead atoms. The van der Waals surface area contributed by atoms with E-state index in [0.717, 1.165) is 64.2 Å². The predicted molar refractivity (Wildman–Crippen MR) is 197 cm³/mol. The van der Waals surface area contributed by atoms with Crippen molar-refractivity contribution in [2.24, 2.45) is 0 Å². The lowest BCUT2D eigenvalue weighted by Crippen LogP contribution is -2.29. The van der Waals surface area contributed by atoms with Crippen LogP contribution in [0, 0.1) is 0 Å². The highest BCUT2D eigenvalue weighted by Gasteiger charge is 2.22. The van der Waals surface area contributed by atoms with Crippen molar-refractivity contribution in [1.29, 1.82) is 0 Å². The maximum atomic E-state index is 12.3. The van der Waals surface area contributed by atoms with E-state index >= 15 is 0 Å². The summed E-state index contributed by atoms with van der Waals surface area (Å²) in [7, 11) is -4.76. The summed E-state index contributed by atoms with van der Waals surface area (Å²) in [5.74, 6) is -0.944. The van der Waals surface area contributed by atoms with E-state index in [2.05, 4.69) is 79.1 Å². The van der Waals surface area contributed by atoms with Gasteiger partial charge in [0, 0.05) is 12.8 Å². The average Bonchev–Trinajstić information content (AvgIpc) is 3.05. The van der Waals surface area contributed by atoms with Gasteiger partial charge in [0.2, 0.25) is 0 Å². The third-order valence-corrected chi connectivity index (χ3v) is 8.01. The van der Waals surface area contributed by atoms with Crippen LogP contribution in [0.2, 0.25) is 0 Å². The molecule has 0 aliphatic carbocycles. The van der Waals surface area contributed by atoms with E-state index in [1.165, 1.54) is 51.4 Å². The summed E-state index contributed by atoms with van der Waals surface area (Å²) in [6.07, 6.45) is 42.3. The molecule has 9 heteroatoms. The fourth-order valence-electron chi connectivity index (χ4n) is 4.77. The largest absolute Gasteiger partial charge is 0.469 e. The van der Waals surface area contributed by atoms with Crippen molar-refractivity contribution in [2.45, 2.75) is 161 Å². The van der Waals surface area contributed by atoms with Crippen molar-refractivity contribution >= 4 is 19.8 Å². The molecule has 48 heavy (non-hydrogen) atoms. The Hall–Kier alpha value is -2.25. The van der Waals surface area contributed by atoms with Crippen LogP contribution in [-0.4, -0.2) is 41.0 Å². The molecule has 0 heterocycles. The summed E-state index contributed by atoms with van der Waals surface area (Å²) < 4.78 is 26.2. The Morgan fingerprint density at radius 2 is 1.00 bits per heavy atom. The van der Waals surface area contributed by atoms with Gasteiger partial charge < -0.3 is 19.3 Å². The summed E-state index contributed by atoms with van der Waals surface area (Å²) in [5, 5.41) is 0. The van der Waals surface area contributed by atoms with Crippen molar-refractivity contribution in [3.05, 3.63) is 60.8 Å². The zero-order chi connectivity index (χ0) is 35.4. The van der Waals surface area contributed by atoms with E-state index in [-0.39, 0.29) is 19.4 Å². The average molecular weight is 695 g/mol. The number of rotatable bonds is 33. The molecule has 0 unspecified atom stereocenters. The number of ether oxygens (including phenoxy) is 2. The summed E-state index contributed by atoms with van der Waals surface area (Å²) in [4.78, 5) is 42.7. The lowest BCUT2D eigenvalue weighted by atomic mass is 10.1. The van der Waals surface area contributed by atoms with Crippen LogP contribution in [0.5, 0.6) is 0 Å². The second-order valence-electron chi connectivity index (χ2n) is 12.2. The van der Waals surface area contributed by atoms with Crippen LogP contribution in [-0.2, 0) is 28.2 Å². The lowest BCUT2D eigenvalue weighted by molar-refractivity contribution is -0.161. The van der Waals surface area contributed by atoms with E-state index in [1.54, 1.807) is 0 Å². The first-order chi connectivity index (χ1) is 23.3. The van der Waals surface area contributed by atoms with Crippen LogP contribution in [0.4, 0.5) is 0 Å². The number of carbonyl (C=O) groups is 2. The molecule has 0 radical (unpaired) electrons. The zero-order valence-electron chi connectivity index (χ0n) is 30.1. The van der Waals surface area contributed by atoms with Crippen LogP contribution >= 0.6 is 7.82 Å². The topological polar surface area (TPSA) is 119 Å². The Labute approximate surface area is 292 Å². The Balaban J connectivity index is 4.06. The number of carbonyl (C=O) groups excluding carboxylic acids is 2. The molecular formula is C39H67O8P. The van der Waals surface area contributed by atoms with E-state index in [9.17, 15) is 14.2 Å². The first-order valence-corrected chi connectivity index (χ1v) is 20.1. The molecule has 0 aromatic carbocycles. The number of phosphoric ester groups is 1. The van der Waals surface area contributed by atoms with Crippen LogP contribution in [0.3, 0.4) is 0 Å². The Kier molecular flexibility index (Phi) is 33.0. The SMILES string of the molecule is CC/C=C\C/C=C\C/C=C\C/C=C\CCCCC(=O)O[C@H](COC(=O)CCCCCCCCC/C=C\CCCCCC)COP(=O)(O)O. The van der Waals surface area contributed by atoms with Gasteiger partial charge in [0.15, 0.2) is 6.10 Å². The minimum atomic E-state index is -4.76. The molecule has 2 N–H and O–H groups in total. The zero-order valence-corrected chi connectivity index (χ0v) is 31.0. The van der Waals surface area contributed by atoms with E-state index in [1.807, 2.05) is 0 Å². The summed E-state index contributed by atoms with van der Waals surface area (Å²) in [6.45, 7) is 3.50. The third-order valence-electron chi connectivity index (χ3n) is 7.52. The monoisotopic (exact) mass is 694 g/mol. The predicted octanol–water partition coefficient (Wildman–Crippen LogP) is 11.0. The Bertz CT molecular complexity index is 963. The number of hydrogen-bond acceptors (Lipinski definition) is 6. The maximum Gasteiger partial charge on any atom is 0.469 e. The maximum absolute atomic E-state index is 12.3. The molecule has 0 aliphatic heterocycles. The molecule has 0 fully saturated rings. The van der Waals surface area contributed by atoms with E-state index in [0.29, 0.717) is 12.8 Å². The molecule has 0 aliphatic rings. The quantitative estimate of drug-likeness (QED) is 0.0301. The molecule has 8 nitrogen and oxygen atoms in total. The summed E-state index contributed by atoms with van der Waals surface area (Å²) in [6, 6.07) is 0. The smallest absolute Gasteiger partial charge is 0.462 e. The molecule has 276 valence electrons. The number of hydrogen-bond donors (Lipinski definition) is 2. The van der Waals surface area contributed by atoms with Gasteiger partial charge in [-0.05, 0) is 77.0 Å². The summed E-state index contributed by atoms with van der Waals surface area (Å²) in [5.41, 5.74) is 0. The highest BCUT2D eigenvalue weighted by molar-refractivity contribution is 7.46. The molecule has 0 aromatic rings. The molecular weight excluding hydrogens is 627 g/mol. The minimum Gasteiger partial charge on any atom is -0.462 e. The molecule has 0 saturated carbocycles. The van der Waals surface area contributed by atoms with Gasteiger partial charge in [0.05, 0.1) is 6.61 Å². The lowest BCUT2D eigenvalue weighted by Gasteiger charge is -2.18. The molecule has 0 aromatic heterocycles. The van der Waals surface area contributed by atoms with Gasteiger partial charge in [0.25, 0.3) is 0 Å². The van der Waals surface area contributed by atoms with Crippen molar-refractivity contribution in [3.63, 3.8) is 0 Å². The second-order valence-corrected chi connectivity index (χ2v) is 13.4. The van der Waals surface area contributed by atoms with E-state index in [4.69, 9.17) is 19.3 Å². The van der Waals surface area contributed by atoms with Crippen molar-refractivity contribution in [1.82, 2.24) is 0 Å². The van der Waals surface area contributed by atoms with E-state index < -0.39 is 32.5 Å². The molecule has 0 amide bonds. The number of esters is 2. The third kappa shape index (κ3) is 36.6. The molecule has 0 spiro atoms. The van der Waals surface area contributed by atoms with Crippen LogP contribution < -0.4 is 0 Å². The van der Waals surface area contributed by atoms with Crippen molar-refractivity contribution < 1.29 is 37.9 Å². The van der Waals surface area contributed by atoms with Gasteiger partial charge in [0.1, 0.15) is 6.61 Å². The van der Waals surface area contributed by atoms with Gasteiger partial charge in [-0.3, -0.25) is 14.1 Å². The number of phosphoric acid groups is 1. The van der Waals surface area contributed by atoms with Crippen LogP contribution in [0.25, 0.3) is 0 Å². The molecule has 1 atom stereocenters. The van der Waals surface area contributed by atoms with Gasteiger partial charge in [-0.15, -0.1) is 0 Å². The fourth-order valence-corrected chi connectivity index (χ4v) is 5.13. The van der Waals surface area contributed by atoms with Gasteiger partial charge in [-0.2, -0.15) is 0 Å². The fraction of sp³-hybridized carbons (Fsp3) is 0.692. The van der Waals surface area contributed by atoms with Gasteiger partial charge in [-0.25, -0.2) is 4.57 Å². The highest BCUT2D eigenvalue weighted by Crippen LogP contribution is 2.35. The number of unbranched alkanes of at least 4 members (excludes halogenated alkanes) is 13. The Morgan fingerprint density at radius 3 is 1.56 bits per heavy atom. The second kappa shape index (κ2) is 34.6. The number of allylic oxidation sites excluding steroid dienone is 10. The van der Waals surface area contributed by atoms with Crippen molar-refractivity contribution in [2.75, 3.05) is 13.2 Å². The Morgan fingerprint density at radius 1 is 0.562 bits per heavy atom. The van der Waals surface area contributed by atoms with Gasteiger partial charge >= 0.3 is 19.8 Å². The van der Waals surface area contributed by atoms with Crippen LogP contribution in [0.1, 0.15) is 155 Å². The first-order valence-electron chi connectivity index (χ1n) is 18.6. The van der Waals surface area contributed by atoms with Crippen LogP contribution in [0.15, 0.2) is 60.8 Å². The van der Waals surface area contributed by atoms with Gasteiger partial charge in [-0.1, -0.05) is 126 Å².